The molecule has 1 fully saturated rings. The van der Waals surface area contributed by atoms with E-state index in [1.807, 2.05) is 6.92 Å². The topological polar surface area (TPSA) is 110 Å². The molecule has 1 saturated heterocycles. The fraction of sp³-hybridized carbons (Fsp3) is 0.333. The lowest BCUT2D eigenvalue weighted by molar-refractivity contribution is -0.125. The zero-order valence-corrected chi connectivity index (χ0v) is 16.6. The van der Waals surface area contributed by atoms with Gasteiger partial charge >= 0.3 is 6.09 Å². The number of rotatable bonds is 6. The molecule has 9 heteroatoms. The van der Waals surface area contributed by atoms with Gasteiger partial charge in [-0.15, -0.1) is 0 Å². The minimum absolute atomic E-state index is 0.0575. The van der Waals surface area contributed by atoms with Crippen LogP contribution >= 0.6 is 0 Å². The van der Waals surface area contributed by atoms with Crippen molar-refractivity contribution in [3.63, 3.8) is 0 Å². The van der Waals surface area contributed by atoms with Gasteiger partial charge in [0.25, 0.3) is 0 Å². The molecule has 0 saturated carbocycles. The number of benzene rings is 1. The van der Waals surface area contributed by atoms with E-state index in [1.54, 1.807) is 30.3 Å². The Kier molecular flexibility index (Phi) is 5.62. The number of ether oxygens (including phenoxy) is 1. The number of nitrogens with one attached hydrogen (secondary N) is 1. The first-order chi connectivity index (χ1) is 14.5. The molecule has 156 valence electrons. The average Bonchev–Trinajstić information content (AvgIpc) is 3.35. The number of nitrogens with zero attached hydrogens (tertiary/aromatic N) is 4. The van der Waals surface area contributed by atoms with Crippen molar-refractivity contribution < 1.29 is 19.4 Å². The Bertz CT molecular complexity index is 1080. The van der Waals surface area contributed by atoms with E-state index in [1.165, 1.54) is 12.5 Å². The third-order valence-electron chi connectivity index (χ3n) is 5.17. The highest BCUT2D eigenvalue weighted by atomic mass is 16.5. The van der Waals surface area contributed by atoms with Crippen molar-refractivity contribution >= 4 is 22.9 Å². The minimum Gasteiger partial charge on any atom is -0.464 e. The van der Waals surface area contributed by atoms with Gasteiger partial charge in [-0.25, -0.2) is 14.8 Å². The van der Waals surface area contributed by atoms with Gasteiger partial charge in [-0.05, 0) is 50.6 Å². The number of hydrogen-bond acceptors (Lipinski definition) is 6. The van der Waals surface area contributed by atoms with Gasteiger partial charge in [-0.3, -0.25) is 14.3 Å². The Morgan fingerprint density at radius 1 is 1.27 bits per heavy atom. The molecule has 2 N–H and O–H groups in total. The van der Waals surface area contributed by atoms with Crippen molar-refractivity contribution in [1.82, 2.24) is 24.8 Å². The molecule has 4 rings (SSSR count). The van der Waals surface area contributed by atoms with E-state index < -0.39 is 6.09 Å². The molecule has 1 aliphatic heterocycles. The SMILES string of the molecule is CCNC(=O)C1CCCN1Cc1cc(Oc2ccc3c(ccn3C(=O)O)c2)ncn1. The first-order valence-electron chi connectivity index (χ1n) is 9.90. The van der Waals surface area contributed by atoms with E-state index in [-0.39, 0.29) is 11.9 Å². The van der Waals surface area contributed by atoms with Gasteiger partial charge in [0.05, 0.1) is 17.3 Å². The molecule has 3 aromatic rings. The van der Waals surface area contributed by atoms with Crippen LogP contribution in [0.15, 0.2) is 42.9 Å². The maximum atomic E-state index is 12.3. The minimum atomic E-state index is -1.04. The van der Waals surface area contributed by atoms with Crippen LogP contribution in [0.25, 0.3) is 10.9 Å². The second-order valence-electron chi connectivity index (χ2n) is 7.16. The highest BCUT2D eigenvalue weighted by Gasteiger charge is 2.30. The second kappa shape index (κ2) is 8.50. The third-order valence-corrected chi connectivity index (χ3v) is 5.17. The van der Waals surface area contributed by atoms with Crippen LogP contribution in [0, 0.1) is 0 Å². The smallest absolute Gasteiger partial charge is 0.415 e. The molecule has 2 aromatic heterocycles. The van der Waals surface area contributed by atoms with Crippen LogP contribution in [-0.2, 0) is 11.3 Å². The largest absolute Gasteiger partial charge is 0.464 e. The normalized spacial score (nSPS) is 16.6. The van der Waals surface area contributed by atoms with Gasteiger partial charge in [0, 0.05) is 30.7 Å². The van der Waals surface area contributed by atoms with E-state index in [9.17, 15) is 14.7 Å². The number of likely N-dealkylation sites (tertiary alicyclic amines) is 1. The lowest BCUT2D eigenvalue weighted by atomic mass is 10.2. The summed E-state index contributed by atoms with van der Waals surface area (Å²) in [6.07, 6.45) is 3.73. The van der Waals surface area contributed by atoms with E-state index >= 15 is 0 Å². The van der Waals surface area contributed by atoms with Crippen LogP contribution in [-0.4, -0.2) is 55.7 Å². The molecule has 1 aliphatic rings. The van der Waals surface area contributed by atoms with Crippen LogP contribution in [0.5, 0.6) is 11.6 Å². The maximum absolute atomic E-state index is 12.3. The molecule has 30 heavy (non-hydrogen) atoms. The average molecular weight is 409 g/mol. The summed E-state index contributed by atoms with van der Waals surface area (Å²) in [6.45, 7) is 3.93. The highest BCUT2D eigenvalue weighted by molar-refractivity contribution is 5.89. The standard InChI is InChI=1S/C21H23N5O4/c1-2-22-20(27)18-4-3-8-25(18)12-15-11-19(24-13-23-15)30-16-5-6-17-14(10-16)7-9-26(17)21(28)29/h5-7,9-11,13,18H,2-4,8,12H2,1H3,(H,22,27)(H,28,29). The Hall–Kier alpha value is -3.46. The Morgan fingerprint density at radius 2 is 2.13 bits per heavy atom. The van der Waals surface area contributed by atoms with Crippen molar-refractivity contribution in [3.05, 3.63) is 48.5 Å². The summed E-state index contributed by atoms with van der Waals surface area (Å²) in [7, 11) is 0. The van der Waals surface area contributed by atoms with Gasteiger partial charge in [0.15, 0.2) is 0 Å². The Labute approximate surface area is 173 Å². The molecule has 0 spiro atoms. The number of fused-ring (bicyclic) bond motifs is 1. The van der Waals surface area contributed by atoms with Crippen molar-refractivity contribution in [2.24, 2.45) is 0 Å². The highest BCUT2D eigenvalue weighted by Crippen LogP contribution is 2.26. The van der Waals surface area contributed by atoms with Crippen LogP contribution in [0.4, 0.5) is 4.79 Å². The van der Waals surface area contributed by atoms with E-state index in [2.05, 4.69) is 20.2 Å². The molecule has 1 unspecified atom stereocenters. The van der Waals surface area contributed by atoms with Crippen molar-refractivity contribution in [2.45, 2.75) is 32.4 Å². The number of carbonyl (C=O) groups excluding carboxylic acids is 1. The summed E-state index contributed by atoms with van der Waals surface area (Å²) in [4.78, 5) is 34.1. The van der Waals surface area contributed by atoms with Crippen LogP contribution in [0.3, 0.4) is 0 Å². The number of hydrogen-bond donors (Lipinski definition) is 2. The zero-order valence-electron chi connectivity index (χ0n) is 16.6. The number of carbonyl (C=O) groups is 2. The van der Waals surface area contributed by atoms with Crippen LogP contribution < -0.4 is 10.1 Å². The van der Waals surface area contributed by atoms with Gasteiger partial charge < -0.3 is 15.2 Å². The number of carboxylic acid groups (broad SMARTS) is 1. The number of amides is 1. The second-order valence-corrected chi connectivity index (χ2v) is 7.16. The first-order valence-corrected chi connectivity index (χ1v) is 9.90. The quantitative estimate of drug-likeness (QED) is 0.644. The monoisotopic (exact) mass is 409 g/mol. The maximum Gasteiger partial charge on any atom is 0.415 e. The molecule has 1 atom stereocenters. The summed E-state index contributed by atoms with van der Waals surface area (Å²) in [6, 6.07) is 8.51. The van der Waals surface area contributed by atoms with Gasteiger partial charge in [-0.2, -0.15) is 0 Å². The van der Waals surface area contributed by atoms with E-state index in [0.29, 0.717) is 30.2 Å². The predicted molar refractivity (Wildman–Crippen MR) is 110 cm³/mol. The van der Waals surface area contributed by atoms with Gasteiger partial charge in [-0.1, -0.05) is 0 Å². The molecule has 9 nitrogen and oxygen atoms in total. The summed E-state index contributed by atoms with van der Waals surface area (Å²) in [5.41, 5.74) is 1.36. The zero-order chi connectivity index (χ0) is 21.1. The van der Waals surface area contributed by atoms with Crippen molar-refractivity contribution in [2.75, 3.05) is 13.1 Å². The molecule has 0 radical (unpaired) electrons. The van der Waals surface area contributed by atoms with E-state index in [0.717, 1.165) is 35.0 Å². The summed E-state index contributed by atoms with van der Waals surface area (Å²) in [5.74, 6) is 1.00. The third kappa shape index (κ3) is 4.11. The summed E-state index contributed by atoms with van der Waals surface area (Å²) < 4.78 is 7.02. The molecule has 1 amide bonds. The summed E-state index contributed by atoms with van der Waals surface area (Å²) >= 11 is 0. The molecule has 1 aromatic carbocycles. The molecular weight excluding hydrogens is 386 g/mol. The van der Waals surface area contributed by atoms with E-state index in [4.69, 9.17) is 4.74 Å². The van der Waals surface area contributed by atoms with Crippen molar-refractivity contribution in [1.29, 1.82) is 0 Å². The lowest BCUT2D eigenvalue weighted by Gasteiger charge is -2.23. The molecular formula is C21H23N5O4. The fourth-order valence-corrected chi connectivity index (χ4v) is 3.80. The fourth-order valence-electron chi connectivity index (χ4n) is 3.80. The molecule has 3 heterocycles. The lowest BCUT2D eigenvalue weighted by Crippen LogP contribution is -2.42. The first kappa shape index (κ1) is 19.8. The van der Waals surface area contributed by atoms with Crippen LogP contribution in [0.2, 0.25) is 0 Å². The molecule has 0 bridgehead atoms. The van der Waals surface area contributed by atoms with Gasteiger partial charge in [0.2, 0.25) is 11.8 Å². The Balaban J connectivity index is 1.48. The van der Waals surface area contributed by atoms with Gasteiger partial charge in [0.1, 0.15) is 12.1 Å². The van der Waals surface area contributed by atoms with Crippen molar-refractivity contribution in [3.8, 4) is 11.6 Å². The predicted octanol–water partition coefficient (Wildman–Crippen LogP) is 2.85. The van der Waals surface area contributed by atoms with Crippen LogP contribution in [0.1, 0.15) is 25.5 Å². The number of aromatic nitrogens is 3. The number of likely N-dealkylation sites (N-methyl/N-ethyl adjacent to an activating group) is 1. The summed E-state index contributed by atoms with van der Waals surface area (Å²) in [5, 5.41) is 12.8. The Morgan fingerprint density at radius 3 is 2.93 bits per heavy atom. The molecule has 0 aliphatic carbocycles.